The van der Waals surface area contributed by atoms with Gasteiger partial charge in [-0.15, -0.1) is 0 Å². The highest BCUT2D eigenvalue weighted by molar-refractivity contribution is 5.98. The maximum Gasteiger partial charge on any atom is 0.417 e. The molecule has 1 saturated heterocycles. The molecule has 188 valence electrons. The second-order valence-electron chi connectivity index (χ2n) is 9.82. The van der Waals surface area contributed by atoms with Crippen molar-refractivity contribution in [2.45, 2.75) is 50.7 Å². The molecule has 7 heteroatoms. The van der Waals surface area contributed by atoms with Crippen LogP contribution < -0.4 is 5.32 Å². The van der Waals surface area contributed by atoms with Crippen molar-refractivity contribution in [3.63, 3.8) is 0 Å². The summed E-state index contributed by atoms with van der Waals surface area (Å²) in [4.78, 5) is 28.7. The molecule has 36 heavy (non-hydrogen) atoms. The van der Waals surface area contributed by atoms with Crippen molar-refractivity contribution in [3.05, 3.63) is 89.0 Å². The van der Waals surface area contributed by atoms with Crippen LogP contribution in [0.25, 0.3) is 0 Å². The van der Waals surface area contributed by atoms with Crippen LogP contribution in [0.5, 0.6) is 0 Å². The zero-order valence-electron chi connectivity index (χ0n) is 19.9. The van der Waals surface area contributed by atoms with E-state index in [0.717, 1.165) is 31.0 Å². The van der Waals surface area contributed by atoms with Crippen LogP contribution in [-0.4, -0.2) is 29.3 Å². The Morgan fingerprint density at radius 3 is 2.56 bits per heavy atom. The number of allylic oxidation sites excluding steroid dienone is 3. The summed E-state index contributed by atoms with van der Waals surface area (Å²) in [6, 6.07) is 10.3. The fourth-order valence-corrected chi connectivity index (χ4v) is 5.88. The number of carbonyl (C=O) groups excluding carboxylic acids is 2. The first-order valence-electron chi connectivity index (χ1n) is 12.6. The lowest BCUT2D eigenvalue weighted by Crippen LogP contribution is -2.55. The van der Waals surface area contributed by atoms with Gasteiger partial charge < -0.3 is 10.2 Å². The number of rotatable bonds is 4. The van der Waals surface area contributed by atoms with Gasteiger partial charge in [0.1, 0.15) is 0 Å². The van der Waals surface area contributed by atoms with Crippen molar-refractivity contribution in [2.24, 2.45) is 11.8 Å². The minimum atomic E-state index is -4.64. The molecule has 3 atom stereocenters. The fourth-order valence-electron chi connectivity index (χ4n) is 5.88. The normalized spacial score (nSPS) is 23.4. The average molecular weight is 495 g/mol. The van der Waals surface area contributed by atoms with E-state index in [1.807, 2.05) is 36.4 Å². The maximum absolute atomic E-state index is 13.7. The van der Waals surface area contributed by atoms with E-state index in [4.69, 9.17) is 0 Å². The predicted octanol–water partition coefficient (Wildman–Crippen LogP) is 6.19. The summed E-state index contributed by atoms with van der Waals surface area (Å²) in [5.74, 6) is -1.56. The van der Waals surface area contributed by atoms with Crippen LogP contribution in [0, 0.1) is 11.8 Å². The Kier molecular flexibility index (Phi) is 6.73. The number of halogens is 3. The van der Waals surface area contributed by atoms with Crippen molar-refractivity contribution in [1.29, 1.82) is 0 Å². The summed E-state index contributed by atoms with van der Waals surface area (Å²) in [5, 5.41) is 3.05. The minimum Gasteiger partial charge on any atom is -0.334 e. The lowest BCUT2D eigenvalue weighted by molar-refractivity contribution is -0.138. The Labute approximate surface area is 208 Å². The molecule has 1 fully saturated rings. The van der Waals surface area contributed by atoms with Gasteiger partial charge in [-0.2, -0.15) is 13.2 Å². The molecule has 2 aliphatic carbocycles. The second kappa shape index (κ2) is 9.96. The van der Waals surface area contributed by atoms with Gasteiger partial charge in [0.15, 0.2) is 0 Å². The Morgan fingerprint density at radius 1 is 0.972 bits per heavy atom. The smallest absolute Gasteiger partial charge is 0.334 e. The van der Waals surface area contributed by atoms with Gasteiger partial charge in [-0.05, 0) is 73.9 Å². The van der Waals surface area contributed by atoms with Gasteiger partial charge in [-0.1, -0.05) is 42.5 Å². The zero-order chi connectivity index (χ0) is 25.3. The van der Waals surface area contributed by atoms with Crippen LogP contribution in [0.1, 0.15) is 52.7 Å². The van der Waals surface area contributed by atoms with Crippen LogP contribution in [0.3, 0.4) is 0 Å². The molecule has 0 bridgehead atoms. The van der Waals surface area contributed by atoms with Crippen LogP contribution in [0.15, 0.2) is 66.8 Å². The van der Waals surface area contributed by atoms with Gasteiger partial charge in [-0.3, -0.25) is 9.59 Å². The number of aryl methyl sites for hydroxylation is 2. The molecule has 0 saturated carbocycles. The van der Waals surface area contributed by atoms with Crippen LogP contribution >= 0.6 is 0 Å². The maximum atomic E-state index is 13.7. The third-order valence-corrected chi connectivity index (χ3v) is 7.57. The van der Waals surface area contributed by atoms with Crippen LogP contribution in [-0.2, 0) is 23.8 Å². The predicted molar refractivity (Wildman–Crippen MR) is 132 cm³/mol. The lowest BCUT2D eigenvalue weighted by Gasteiger charge is -2.44. The summed E-state index contributed by atoms with van der Waals surface area (Å²) >= 11 is 0. The molecule has 1 aliphatic heterocycles. The molecule has 3 aliphatic rings. The quantitative estimate of drug-likeness (QED) is 0.551. The largest absolute Gasteiger partial charge is 0.417 e. The van der Waals surface area contributed by atoms with E-state index in [1.54, 1.807) is 0 Å². The number of nitrogens with one attached hydrogen (secondary N) is 1. The number of hydrogen-bond donors (Lipinski definition) is 1. The number of nitrogens with zero attached hydrogens (tertiary/aromatic N) is 1. The van der Waals surface area contributed by atoms with Gasteiger partial charge >= 0.3 is 6.18 Å². The molecule has 5 rings (SSSR count). The zero-order valence-corrected chi connectivity index (χ0v) is 19.9. The summed E-state index contributed by atoms with van der Waals surface area (Å²) in [7, 11) is 0. The van der Waals surface area contributed by atoms with Crippen molar-refractivity contribution in [1.82, 2.24) is 4.90 Å². The Bertz CT molecular complexity index is 1220. The summed E-state index contributed by atoms with van der Waals surface area (Å²) in [6.45, 7) is 0.312. The molecule has 0 aromatic heterocycles. The van der Waals surface area contributed by atoms with Crippen molar-refractivity contribution in [3.8, 4) is 0 Å². The summed E-state index contributed by atoms with van der Waals surface area (Å²) in [6.07, 6.45) is 7.96. The standard InChI is InChI=1S/C29H29F3N2O2/c30-29(31,32)25-14-5-4-12-23(25)28(36)34-17-7-13-24(26(34)20-8-2-1-3-9-20)27(35)33-22-16-15-19-10-6-11-21(19)18-22/h1-5,8,12,14-16,18,20,24,26H,6-7,9-11,13,17H2,(H,33,35)/t20?,24?,26-/m0/s1. The summed E-state index contributed by atoms with van der Waals surface area (Å²) < 4.78 is 41.1. The third-order valence-electron chi connectivity index (χ3n) is 7.57. The summed E-state index contributed by atoms with van der Waals surface area (Å²) in [5.41, 5.74) is 1.96. The first kappa shape index (κ1) is 24.3. The van der Waals surface area contributed by atoms with E-state index >= 15 is 0 Å². The van der Waals surface area contributed by atoms with E-state index in [1.165, 1.54) is 34.2 Å². The Balaban J connectivity index is 1.45. The van der Waals surface area contributed by atoms with Gasteiger partial charge in [0.05, 0.1) is 23.1 Å². The molecule has 1 N–H and O–H groups in total. The Hall–Kier alpha value is -3.35. The number of hydrogen-bond acceptors (Lipinski definition) is 2. The monoisotopic (exact) mass is 494 g/mol. The molecule has 0 spiro atoms. The number of carbonyl (C=O) groups is 2. The first-order valence-corrected chi connectivity index (χ1v) is 12.6. The second-order valence-corrected chi connectivity index (χ2v) is 9.82. The van der Waals surface area contributed by atoms with Crippen LogP contribution in [0.2, 0.25) is 0 Å². The van der Waals surface area contributed by atoms with E-state index < -0.39 is 29.6 Å². The number of anilines is 1. The first-order chi connectivity index (χ1) is 17.3. The highest BCUT2D eigenvalue weighted by Gasteiger charge is 2.44. The van der Waals surface area contributed by atoms with E-state index in [9.17, 15) is 22.8 Å². The van der Waals surface area contributed by atoms with Gasteiger partial charge in [0.25, 0.3) is 5.91 Å². The molecular weight excluding hydrogens is 465 g/mol. The van der Waals surface area contributed by atoms with Crippen molar-refractivity contribution in [2.75, 3.05) is 11.9 Å². The van der Waals surface area contributed by atoms with E-state index in [0.29, 0.717) is 25.8 Å². The van der Waals surface area contributed by atoms with Crippen molar-refractivity contribution >= 4 is 17.5 Å². The van der Waals surface area contributed by atoms with Gasteiger partial charge in [0, 0.05) is 18.2 Å². The van der Waals surface area contributed by atoms with E-state index in [-0.39, 0.29) is 17.4 Å². The highest BCUT2D eigenvalue weighted by Crippen LogP contribution is 2.37. The molecule has 2 amide bonds. The molecule has 4 nitrogen and oxygen atoms in total. The molecule has 2 aromatic rings. The SMILES string of the molecule is O=C(Nc1ccc2c(c1)CCC2)C1CCCN(C(=O)c2ccccc2C(F)(F)F)[C@H]1C1C=CC=CC1. The van der Waals surface area contributed by atoms with Crippen molar-refractivity contribution < 1.29 is 22.8 Å². The fraction of sp³-hybridized carbons (Fsp3) is 0.379. The molecule has 0 radical (unpaired) electrons. The molecular formula is C29H29F3N2O2. The molecule has 2 unspecified atom stereocenters. The number of fused-ring (bicyclic) bond motifs is 1. The molecule has 2 aromatic carbocycles. The van der Waals surface area contributed by atoms with Crippen LogP contribution in [0.4, 0.5) is 18.9 Å². The lowest BCUT2D eigenvalue weighted by atomic mass is 9.77. The minimum absolute atomic E-state index is 0.159. The van der Waals surface area contributed by atoms with Gasteiger partial charge in [0.2, 0.25) is 5.91 Å². The third kappa shape index (κ3) is 4.84. The number of likely N-dealkylation sites (tertiary alicyclic amines) is 1. The average Bonchev–Trinajstić information content (AvgIpc) is 3.36. The van der Waals surface area contributed by atoms with Gasteiger partial charge in [-0.25, -0.2) is 0 Å². The van der Waals surface area contributed by atoms with E-state index in [2.05, 4.69) is 11.4 Å². The number of piperidine rings is 1. The number of amides is 2. The number of alkyl halides is 3. The Morgan fingerprint density at radius 2 is 1.78 bits per heavy atom. The topological polar surface area (TPSA) is 49.4 Å². The highest BCUT2D eigenvalue weighted by atomic mass is 19.4. The number of benzene rings is 2. The molecule has 1 heterocycles.